The molecule has 11 heavy (non-hydrogen) atoms. The minimum atomic E-state index is 0.116. The highest BCUT2D eigenvalue weighted by atomic mass is 32.1. The van der Waals surface area contributed by atoms with Crippen LogP contribution in [-0.2, 0) is 0 Å². The van der Waals surface area contributed by atoms with Crippen LogP contribution in [0.15, 0.2) is 0 Å². The molecule has 1 radical (unpaired) electrons. The van der Waals surface area contributed by atoms with Crippen molar-refractivity contribution in [1.82, 2.24) is 16.2 Å². The van der Waals surface area contributed by atoms with Gasteiger partial charge in [0.05, 0.1) is 0 Å². The summed E-state index contributed by atoms with van der Waals surface area (Å²) in [5.41, 5.74) is 11.2. The Morgan fingerprint density at radius 1 is 1.55 bits per heavy atom. The summed E-state index contributed by atoms with van der Waals surface area (Å²) in [5.74, 6) is 0. The van der Waals surface area contributed by atoms with Gasteiger partial charge >= 0.3 is 0 Å². The summed E-state index contributed by atoms with van der Waals surface area (Å²) in [7, 11) is 0. The van der Waals surface area contributed by atoms with E-state index in [-0.39, 0.29) is 5.11 Å². The summed E-state index contributed by atoms with van der Waals surface area (Å²) >= 11 is 9.29. The fourth-order valence-corrected chi connectivity index (χ4v) is 0.571. The summed E-state index contributed by atoms with van der Waals surface area (Å²) in [5, 5.41) is 3.37. The van der Waals surface area contributed by atoms with Crippen LogP contribution >= 0.6 is 24.4 Å². The molecule has 0 spiro atoms. The Morgan fingerprint density at radius 2 is 2.18 bits per heavy atom. The molecular weight excluding hydrogens is 180 g/mol. The van der Waals surface area contributed by atoms with Crippen molar-refractivity contribution in [2.24, 2.45) is 5.73 Å². The van der Waals surface area contributed by atoms with E-state index in [2.05, 4.69) is 28.4 Å². The standard InChI is InChI=1S/C5H11N4S2/c1-2-3-7-5(11)9-8-4(6)10/h2-3H2,1H3,(H,7,11)(H3,6,8,10). The van der Waals surface area contributed by atoms with E-state index < -0.39 is 0 Å². The van der Waals surface area contributed by atoms with Gasteiger partial charge in [-0.2, -0.15) is 0 Å². The number of hydrogen-bond donors (Lipinski definition) is 3. The van der Waals surface area contributed by atoms with E-state index in [1.54, 1.807) is 0 Å². The molecule has 0 bridgehead atoms. The van der Waals surface area contributed by atoms with Gasteiger partial charge in [0.2, 0.25) is 5.11 Å². The van der Waals surface area contributed by atoms with Crippen molar-refractivity contribution in [1.29, 1.82) is 0 Å². The monoisotopic (exact) mass is 191 g/mol. The first kappa shape index (κ1) is 10.4. The van der Waals surface area contributed by atoms with E-state index >= 15 is 0 Å². The van der Waals surface area contributed by atoms with Crippen molar-refractivity contribution in [3.63, 3.8) is 0 Å². The van der Waals surface area contributed by atoms with Crippen molar-refractivity contribution >= 4 is 34.7 Å². The highest BCUT2D eigenvalue weighted by molar-refractivity contribution is 7.80. The molecule has 0 aromatic rings. The van der Waals surface area contributed by atoms with Crippen molar-refractivity contribution in [2.45, 2.75) is 13.3 Å². The average molecular weight is 191 g/mol. The Hall–Kier alpha value is -0.620. The molecular formula is C5H11N4S2. The van der Waals surface area contributed by atoms with Crippen molar-refractivity contribution in [3.05, 3.63) is 0 Å². The predicted octanol–water partition coefficient (Wildman–Crippen LogP) is -0.376. The SMILES string of the molecule is CCCNC(=S)[N]NC(N)=S. The fourth-order valence-electron chi connectivity index (χ4n) is 0.377. The first-order valence-corrected chi connectivity index (χ1v) is 4.02. The molecule has 0 heterocycles. The van der Waals surface area contributed by atoms with Gasteiger partial charge in [0, 0.05) is 6.54 Å². The van der Waals surface area contributed by atoms with Gasteiger partial charge in [-0.25, -0.2) is 0 Å². The maximum absolute atomic E-state index is 5.11. The molecule has 0 aliphatic heterocycles. The van der Waals surface area contributed by atoms with Crippen LogP contribution in [0.1, 0.15) is 13.3 Å². The van der Waals surface area contributed by atoms with Gasteiger partial charge in [0.1, 0.15) is 0 Å². The Morgan fingerprint density at radius 3 is 2.64 bits per heavy atom. The second-order valence-corrected chi connectivity index (χ2v) is 2.65. The molecule has 6 heteroatoms. The zero-order chi connectivity index (χ0) is 8.69. The lowest BCUT2D eigenvalue weighted by atomic mass is 10.5. The second kappa shape index (κ2) is 6.11. The van der Waals surface area contributed by atoms with Crippen LogP contribution in [0.2, 0.25) is 0 Å². The van der Waals surface area contributed by atoms with Crippen LogP contribution in [0.5, 0.6) is 0 Å². The Kier molecular flexibility index (Phi) is 5.77. The van der Waals surface area contributed by atoms with Gasteiger partial charge in [-0.3, -0.25) is 5.43 Å². The summed E-state index contributed by atoms with van der Waals surface area (Å²) in [6.45, 7) is 2.85. The van der Waals surface area contributed by atoms with Crippen molar-refractivity contribution in [3.8, 4) is 0 Å². The lowest BCUT2D eigenvalue weighted by molar-refractivity contribution is 0.774. The molecule has 0 aromatic heterocycles. The predicted molar refractivity (Wildman–Crippen MR) is 52.9 cm³/mol. The summed E-state index contributed by atoms with van der Waals surface area (Å²) in [6.07, 6.45) is 1.00. The van der Waals surface area contributed by atoms with E-state index in [9.17, 15) is 0 Å². The van der Waals surface area contributed by atoms with Gasteiger partial charge in [0.15, 0.2) is 5.11 Å². The van der Waals surface area contributed by atoms with Gasteiger partial charge in [0.25, 0.3) is 0 Å². The smallest absolute Gasteiger partial charge is 0.211 e. The van der Waals surface area contributed by atoms with Crippen LogP contribution < -0.4 is 21.9 Å². The first-order valence-electron chi connectivity index (χ1n) is 3.20. The second-order valence-electron chi connectivity index (χ2n) is 1.82. The van der Waals surface area contributed by atoms with Crippen molar-refractivity contribution < 1.29 is 0 Å². The Bertz CT molecular complexity index is 147. The Labute approximate surface area is 76.9 Å². The highest BCUT2D eigenvalue weighted by Crippen LogP contribution is 1.71. The molecule has 0 aliphatic rings. The number of nitrogens with one attached hydrogen (secondary N) is 2. The third kappa shape index (κ3) is 7.27. The summed E-state index contributed by atoms with van der Waals surface area (Å²) in [4.78, 5) is 0. The normalized spacial score (nSPS) is 8.45. The van der Waals surface area contributed by atoms with Gasteiger partial charge in [-0.15, -0.1) is 5.43 Å². The third-order valence-corrected chi connectivity index (χ3v) is 1.12. The number of nitrogens with zero attached hydrogens (tertiary/aromatic N) is 1. The third-order valence-electron chi connectivity index (χ3n) is 0.794. The molecule has 0 rings (SSSR count). The van der Waals surface area contributed by atoms with E-state index in [0.29, 0.717) is 5.11 Å². The van der Waals surface area contributed by atoms with Crippen LogP contribution in [0.3, 0.4) is 0 Å². The molecule has 0 saturated heterocycles. The molecule has 0 unspecified atom stereocenters. The molecule has 0 aromatic carbocycles. The molecule has 0 amide bonds. The van der Waals surface area contributed by atoms with E-state index in [1.165, 1.54) is 0 Å². The van der Waals surface area contributed by atoms with E-state index in [0.717, 1.165) is 13.0 Å². The zero-order valence-corrected chi connectivity index (χ0v) is 7.89. The molecule has 4 N–H and O–H groups in total. The van der Waals surface area contributed by atoms with E-state index in [1.807, 2.05) is 6.92 Å². The van der Waals surface area contributed by atoms with Crippen molar-refractivity contribution in [2.75, 3.05) is 6.54 Å². The van der Waals surface area contributed by atoms with Crippen LogP contribution in [0, 0.1) is 0 Å². The quantitative estimate of drug-likeness (QED) is 0.410. The number of hydrogen-bond acceptors (Lipinski definition) is 2. The van der Waals surface area contributed by atoms with Crippen LogP contribution in [0.4, 0.5) is 0 Å². The van der Waals surface area contributed by atoms with Gasteiger partial charge < -0.3 is 11.1 Å². The molecule has 0 saturated carbocycles. The average Bonchev–Trinajstić information content (AvgIpc) is 1.97. The largest absolute Gasteiger partial charge is 0.375 e. The van der Waals surface area contributed by atoms with Gasteiger partial charge in [-0.05, 0) is 30.9 Å². The number of nitrogens with two attached hydrogens (primary N) is 1. The molecule has 4 nitrogen and oxygen atoms in total. The molecule has 0 fully saturated rings. The topological polar surface area (TPSA) is 64.2 Å². The first-order chi connectivity index (χ1) is 5.16. The number of thiocarbonyl (C=S) groups is 2. The summed E-state index contributed by atoms with van der Waals surface area (Å²) in [6, 6.07) is 0. The van der Waals surface area contributed by atoms with Crippen LogP contribution in [0.25, 0.3) is 0 Å². The maximum atomic E-state index is 5.11. The van der Waals surface area contributed by atoms with Gasteiger partial charge in [-0.1, -0.05) is 6.92 Å². The Balaban J connectivity index is 3.30. The lowest BCUT2D eigenvalue weighted by Crippen LogP contribution is -2.43. The highest BCUT2D eigenvalue weighted by Gasteiger charge is 1.94. The fraction of sp³-hybridized carbons (Fsp3) is 0.600. The molecule has 0 aliphatic carbocycles. The lowest BCUT2D eigenvalue weighted by Gasteiger charge is -2.05. The molecule has 63 valence electrons. The minimum absolute atomic E-state index is 0.116. The number of rotatable bonds is 2. The van der Waals surface area contributed by atoms with E-state index in [4.69, 9.17) is 18.0 Å². The van der Waals surface area contributed by atoms with Crippen LogP contribution in [-0.4, -0.2) is 16.8 Å². The molecule has 0 atom stereocenters. The zero-order valence-electron chi connectivity index (χ0n) is 6.26. The summed E-state index contributed by atoms with van der Waals surface area (Å²) < 4.78 is 0. The minimum Gasteiger partial charge on any atom is -0.375 e. The maximum Gasteiger partial charge on any atom is 0.211 e.